The van der Waals surface area contributed by atoms with Crippen LogP contribution in [0.15, 0.2) is 5.10 Å². The van der Waals surface area contributed by atoms with E-state index in [2.05, 4.69) is 17.7 Å². The van der Waals surface area contributed by atoms with Crippen LogP contribution in [0.2, 0.25) is 0 Å². The summed E-state index contributed by atoms with van der Waals surface area (Å²) in [5.41, 5.74) is 0. The summed E-state index contributed by atoms with van der Waals surface area (Å²) in [7, 11) is 0. The molecule has 1 radical (unpaired) electrons. The Balaban J connectivity index is -0.0000000200. The average Bonchev–Trinajstić information content (AvgIpc) is 0.918. The second kappa shape index (κ2) is 23.6. The van der Waals surface area contributed by atoms with E-state index in [-0.39, 0.29) is 40.1 Å². The van der Waals surface area contributed by atoms with Crippen molar-refractivity contribution in [2.75, 3.05) is 0 Å². The fraction of sp³-hybridized carbons (Fsp3) is 0. The van der Waals surface area contributed by atoms with Gasteiger partial charge >= 0.3 is 0 Å². The number of nitrogens with two attached hydrogens (primary N) is 1. The molecular formula is C2H6N2Y-2. The first-order valence-corrected chi connectivity index (χ1v) is 0.516. The Labute approximate surface area is 57.7 Å². The van der Waals surface area contributed by atoms with Crippen molar-refractivity contribution in [3.05, 3.63) is 7.43 Å². The minimum absolute atomic E-state index is 0. The molecule has 0 bridgehead atoms. The van der Waals surface area contributed by atoms with Gasteiger partial charge in [-0.25, -0.2) is 0 Å². The van der Waals surface area contributed by atoms with Crippen LogP contribution in [0.1, 0.15) is 0 Å². The van der Waals surface area contributed by atoms with E-state index in [9.17, 15) is 0 Å². The van der Waals surface area contributed by atoms with Gasteiger partial charge in [0.1, 0.15) is 0 Å². The summed E-state index contributed by atoms with van der Waals surface area (Å²) >= 11 is 0. The SMILES string of the molecule is [CH-]=NN.[CH3-].[Y]. The molecule has 0 atom stereocenters. The maximum Gasteiger partial charge on any atom is 0 e. The summed E-state index contributed by atoms with van der Waals surface area (Å²) in [6.45, 7) is 4.25. The number of hydrogen-bond acceptors (Lipinski definition) is 2. The number of rotatable bonds is 0. The van der Waals surface area contributed by atoms with Crippen molar-refractivity contribution >= 4 is 6.72 Å². The fourth-order valence-corrected chi connectivity index (χ4v) is 0. The van der Waals surface area contributed by atoms with Gasteiger partial charge in [0.25, 0.3) is 0 Å². The summed E-state index contributed by atoms with van der Waals surface area (Å²) < 4.78 is 0. The summed E-state index contributed by atoms with van der Waals surface area (Å²) in [5, 5.41) is 2.50. The van der Waals surface area contributed by atoms with Crippen LogP contribution in [-0.2, 0) is 32.7 Å². The van der Waals surface area contributed by atoms with Crippen molar-refractivity contribution in [3.8, 4) is 0 Å². The summed E-state index contributed by atoms with van der Waals surface area (Å²) in [4.78, 5) is 0. The Morgan fingerprint density at radius 2 is 1.60 bits per heavy atom. The Morgan fingerprint density at radius 1 is 1.60 bits per heavy atom. The minimum Gasteiger partial charge on any atom is -0.411 e. The molecule has 5 heavy (non-hydrogen) atoms. The third-order valence-electron chi connectivity index (χ3n) is 0. The van der Waals surface area contributed by atoms with Gasteiger partial charge in [-0.3, -0.25) is 0 Å². The summed E-state index contributed by atoms with van der Waals surface area (Å²) in [6.07, 6.45) is 0. The van der Waals surface area contributed by atoms with Gasteiger partial charge in [0.05, 0.1) is 0 Å². The van der Waals surface area contributed by atoms with Gasteiger partial charge in [-0.1, -0.05) is 0 Å². The van der Waals surface area contributed by atoms with Crippen molar-refractivity contribution in [3.63, 3.8) is 0 Å². The molecule has 29 valence electrons. The van der Waals surface area contributed by atoms with Gasteiger partial charge < -0.3 is 25.1 Å². The van der Waals surface area contributed by atoms with Crippen LogP contribution < -0.4 is 5.84 Å². The molecule has 0 aliphatic carbocycles. The van der Waals surface area contributed by atoms with Crippen LogP contribution in [0.4, 0.5) is 0 Å². The van der Waals surface area contributed by atoms with E-state index < -0.39 is 0 Å². The van der Waals surface area contributed by atoms with Crippen molar-refractivity contribution in [1.29, 1.82) is 0 Å². The maximum atomic E-state index is 4.25. The Kier molecular flexibility index (Phi) is 83.0. The van der Waals surface area contributed by atoms with Gasteiger partial charge in [-0.2, -0.15) is 0 Å². The smallest absolute Gasteiger partial charge is 0 e. The zero-order valence-corrected chi connectivity index (χ0v) is 6.02. The van der Waals surface area contributed by atoms with Crippen molar-refractivity contribution in [2.24, 2.45) is 10.9 Å². The predicted molar refractivity (Wildman–Crippen MR) is 19.1 cm³/mol. The first kappa shape index (κ1) is 17.6. The summed E-state index contributed by atoms with van der Waals surface area (Å²) in [5.74, 6) is 4.25. The Hall–Kier alpha value is 0.574. The van der Waals surface area contributed by atoms with Gasteiger partial charge in [0.15, 0.2) is 0 Å². The van der Waals surface area contributed by atoms with E-state index in [0.29, 0.717) is 0 Å². The molecule has 0 fully saturated rings. The van der Waals surface area contributed by atoms with Gasteiger partial charge in [0, 0.05) is 32.7 Å². The second-order valence-electron chi connectivity index (χ2n) is 0.149. The third kappa shape index (κ3) is 92.0. The van der Waals surface area contributed by atoms with E-state index in [1.807, 2.05) is 0 Å². The first-order valence-electron chi connectivity index (χ1n) is 0.516. The van der Waals surface area contributed by atoms with Gasteiger partial charge in [-0.15, -0.1) is 0 Å². The molecule has 0 aromatic heterocycles. The molecule has 0 aliphatic heterocycles. The summed E-state index contributed by atoms with van der Waals surface area (Å²) in [6, 6.07) is 0. The molecule has 2 N–H and O–H groups in total. The molecule has 0 spiro atoms. The number of hydrogen-bond donors (Lipinski definition) is 1. The van der Waals surface area contributed by atoms with Crippen LogP contribution in [-0.4, -0.2) is 6.72 Å². The van der Waals surface area contributed by atoms with E-state index in [1.54, 1.807) is 0 Å². The number of hydrazone groups is 1. The molecule has 3 heteroatoms. The van der Waals surface area contributed by atoms with Gasteiger partial charge in [-0.05, 0) is 0 Å². The first-order chi connectivity index (χ1) is 1.41. The fourth-order valence-electron chi connectivity index (χ4n) is 0. The molecule has 0 amide bonds. The van der Waals surface area contributed by atoms with Crippen LogP contribution >= 0.6 is 0 Å². The molecule has 0 saturated carbocycles. The van der Waals surface area contributed by atoms with Crippen molar-refractivity contribution in [1.82, 2.24) is 0 Å². The molecular weight excluding hydrogens is 141 g/mol. The largest absolute Gasteiger partial charge is 0.411 e. The molecule has 0 aromatic rings. The third-order valence-corrected chi connectivity index (χ3v) is 0. The van der Waals surface area contributed by atoms with E-state index in [0.717, 1.165) is 0 Å². The Morgan fingerprint density at radius 3 is 1.60 bits per heavy atom. The quantitative estimate of drug-likeness (QED) is 0.220. The van der Waals surface area contributed by atoms with Crippen LogP contribution in [0.25, 0.3) is 0 Å². The second-order valence-corrected chi connectivity index (χ2v) is 0.149. The topological polar surface area (TPSA) is 38.4 Å². The molecule has 0 rings (SSSR count). The molecule has 0 aliphatic rings. The monoisotopic (exact) mass is 147 g/mol. The van der Waals surface area contributed by atoms with Crippen molar-refractivity contribution < 1.29 is 32.7 Å². The molecule has 0 saturated heterocycles. The van der Waals surface area contributed by atoms with E-state index in [4.69, 9.17) is 0 Å². The Bertz CT molecular complexity index is 15.1. The molecule has 0 aromatic carbocycles. The zero-order valence-electron chi connectivity index (χ0n) is 3.18. The van der Waals surface area contributed by atoms with Crippen molar-refractivity contribution in [2.45, 2.75) is 0 Å². The zero-order chi connectivity index (χ0) is 2.71. The number of nitrogens with zero attached hydrogens (tertiary/aromatic N) is 1. The normalized spacial score (nSPS) is 2.40. The minimum atomic E-state index is 0. The molecule has 2 nitrogen and oxygen atoms in total. The molecule has 0 heterocycles. The van der Waals surface area contributed by atoms with Crippen LogP contribution in [0.5, 0.6) is 0 Å². The van der Waals surface area contributed by atoms with E-state index >= 15 is 0 Å². The predicted octanol–water partition coefficient (Wildman–Crippen LogP) is -0.115. The molecule has 0 unspecified atom stereocenters. The average molecular weight is 147 g/mol. The van der Waals surface area contributed by atoms with Crippen LogP contribution in [0.3, 0.4) is 0 Å². The maximum absolute atomic E-state index is 4.25. The standard InChI is InChI=1S/CH3N2.CH3.Y/c1-3-2;;/h1H,2H2;1H3;/q2*-1;. The van der Waals surface area contributed by atoms with E-state index in [1.165, 1.54) is 0 Å². The van der Waals surface area contributed by atoms with Crippen LogP contribution in [0, 0.1) is 7.43 Å². The van der Waals surface area contributed by atoms with Gasteiger partial charge in [0.2, 0.25) is 0 Å².